The van der Waals surface area contributed by atoms with E-state index in [1.54, 1.807) is 0 Å². The first-order valence-electron chi connectivity index (χ1n) is 4.54. The van der Waals surface area contributed by atoms with E-state index in [0.717, 1.165) is 0 Å². The first-order chi connectivity index (χ1) is 7.36. The zero-order valence-corrected chi connectivity index (χ0v) is 9.75. The van der Waals surface area contributed by atoms with Crippen molar-refractivity contribution in [2.75, 3.05) is 0 Å². The fourth-order valence-corrected chi connectivity index (χ4v) is 1.58. The molecule has 2 rings (SSSR count). The van der Waals surface area contributed by atoms with Crippen LogP contribution in [0.3, 0.4) is 0 Å². The second-order valence-electron chi connectivity index (χ2n) is 3.18. The summed E-state index contributed by atoms with van der Waals surface area (Å²) in [6.07, 6.45) is 0. The van der Waals surface area contributed by atoms with E-state index in [4.69, 9.17) is 0 Å². The Bertz CT molecular complexity index is 464. The Balaban J connectivity index is 0.000000221. The molecule has 0 aromatic heterocycles. The Morgan fingerprint density at radius 2 is 1.31 bits per heavy atom. The number of benzene rings is 2. The summed E-state index contributed by atoms with van der Waals surface area (Å²) >= 11 is 0. The van der Waals surface area contributed by atoms with Gasteiger partial charge in [-0.05, 0) is 22.9 Å². The van der Waals surface area contributed by atoms with Crippen molar-refractivity contribution in [2.45, 2.75) is 0 Å². The monoisotopic (exact) mass is 248 g/mol. The highest BCUT2D eigenvalue weighted by Gasteiger charge is 2.20. The van der Waals surface area contributed by atoms with Gasteiger partial charge in [0.2, 0.25) is 0 Å². The summed E-state index contributed by atoms with van der Waals surface area (Å²) in [7, 11) is -4.08. The maximum atomic E-state index is 9.75. The molecule has 0 aliphatic heterocycles. The third-order valence-electron chi connectivity index (χ3n) is 1.81. The molecule has 2 aromatic rings. The van der Waals surface area contributed by atoms with Crippen LogP contribution in [0.1, 0.15) is 0 Å². The summed E-state index contributed by atoms with van der Waals surface area (Å²) in [6.45, 7) is 0. The fourth-order valence-electron chi connectivity index (χ4n) is 1.24. The fraction of sp³-hybridized carbons (Fsp3) is 0. The minimum atomic E-state index is -6.00. The molecule has 0 aliphatic carbocycles. The van der Waals surface area contributed by atoms with Crippen LogP contribution in [0.5, 0.6) is 0 Å². The molecule has 0 heterocycles. The molecule has 6 heteroatoms. The van der Waals surface area contributed by atoms with E-state index < -0.39 is 7.25 Å². The molecule has 86 valence electrons. The lowest BCUT2D eigenvalue weighted by Gasteiger charge is -1.94. The Labute approximate surface area is 93.0 Å². The van der Waals surface area contributed by atoms with Gasteiger partial charge in [-0.2, -0.15) is 0 Å². The van der Waals surface area contributed by atoms with Gasteiger partial charge in [0.1, 0.15) is 0 Å². The highest BCUT2D eigenvalue weighted by Crippen LogP contribution is 2.11. The predicted molar refractivity (Wildman–Crippen MR) is 64.9 cm³/mol. The SMILES string of the molecule is F[B-](F)(F)F.[PH3+]c1ccc2ccccc2c1. The number of halogens is 4. The minimum absolute atomic E-state index is 1.32. The van der Waals surface area contributed by atoms with Crippen molar-refractivity contribution >= 4 is 32.6 Å². The molecule has 0 bridgehead atoms. The molecule has 0 N–H and O–H groups in total. The van der Waals surface area contributed by atoms with Crippen LogP contribution in [-0.2, 0) is 0 Å². The molecule has 0 saturated heterocycles. The molecule has 1 unspecified atom stereocenters. The molecule has 0 fully saturated rings. The van der Waals surface area contributed by atoms with Crippen molar-refractivity contribution < 1.29 is 17.3 Å². The van der Waals surface area contributed by atoms with Crippen molar-refractivity contribution in [2.24, 2.45) is 0 Å². The number of hydrogen-bond acceptors (Lipinski definition) is 0. The molecule has 1 atom stereocenters. The second-order valence-corrected chi connectivity index (χ2v) is 3.99. The van der Waals surface area contributed by atoms with Crippen LogP contribution in [0.25, 0.3) is 10.8 Å². The van der Waals surface area contributed by atoms with E-state index in [9.17, 15) is 17.3 Å². The minimum Gasteiger partial charge on any atom is -0.418 e. The first kappa shape index (κ1) is 13.0. The molecule has 0 nitrogen and oxygen atoms in total. The van der Waals surface area contributed by atoms with Gasteiger partial charge in [0, 0.05) is 9.24 Å². The zero-order valence-electron chi connectivity index (χ0n) is 8.34. The molecular formula is C10H10BF4P. The summed E-state index contributed by atoms with van der Waals surface area (Å²) in [5.41, 5.74) is 0. The third-order valence-corrected chi connectivity index (χ3v) is 2.25. The van der Waals surface area contributed by atoms with E-state index in [1.807, 2.05) is 9.24 Å². The van der Waals surface area contributed by atoms with Gasteiger partial charge in [-0.25, -0.2) is 0 Å². The van der Waals surface area contributed by atoms with Gasteiger partial charge in [0.05, 0.1) is 5.30 Å². The lowest BCUT2D eigenvalue weighted by Crippen LogP contribution is -2.02. The van der Waals surface area contributed by atoms with Gasteiger partial charge in [0.15, 0.2) is 0 Å². The van der Waals surface area contributed by atoms with E-state index in [1.165, 1.54) is 16.1 Å². The maximum absolute atomic E-state index is 9.75. The van der Waals surface area contributed by atoms with E-state index in [0.29, 0.717) is 0 Å². The van der Waals surface area contributed by atoms with Crippen molar-refractivity contribution in [3.05, 3.63) is 42.5 Å². The van der Waals surface area contributed by atoms with Crippen LogP contribution >= 0.6 is 9.24 Å². The molecule has 0 amide bonds. The highest BCUT2D eigenvalue weighted by atomic mass is 31.0. The lowest BCUT2D eigenvalue weighted by atomic mass is 10.1. The van der Waals surface area contributed by atoms with Crippen molar-refractivity contribution in [3.8, 4) is 0 Å². The van der Waals surface area contributed by atoms with Crippen LogP contribution in [0, 0.1) is 0 Å². The molecule has 0 aliphatic rings. The van der Waals surface area contributed by atoms with E-state index in [-0.39, 0.29) is 0 Å². The molecule has 0 saturated carbocycles. The van der Waals surface area contributed by atoms with Crippen molar-refractivity contribution in [3.63, 3.8) is 0 Å². The summed E-state index contributed by atoms with van der Waals surface area (Å²) in [5, 5.41) is 4.01. The van der Waals surface area contributed by atoms with Gasteiger partial charge >= 0.3 is 7.25 Å². The predicted octanol–water partition coefficient (Wildman–Crippen LogP) is 3.37. The van der Waals surface area contributed by atoms with Gasteiger partial charge in [-0.15, -0.1) is 0 Å². The molecule has 0 spiro atoms. The molecular weight excluding hydrogens is 238 g/mol. The quantitative estimate of drug-likeness (QED) is 0.381. The van der Waals surface area contributed by atoms with Crippen LogP contribution in [0.15, 0.2) is 42.5 Å². The summed E-state index contributed by atoms with van der Waals surface area (Å²) in [5.74, 6) is 0. The Hall–Kier alpha value is -1.09. The zero-order chi connectivity index (χ0) is 12.2. The van der Waals surface area contributed by atoms with Crippen LogP contribution in [-0.4, -0.2) is 7.25 Å². The smallest absolute Gasteiger partial charge is 0.418 e. The average Bonchev–Trinajstić information content (AvgIpc) is 2.15. The number of hydrogen-bond donors (Lipinski definition) is 0. The average molecular weight is 248 g/mol. The highest BCUT2D eigenvalue weighted by molar-refractivity contribution is 7.27. The first-order valence-corrected chi connectivity index (χ1v) is 5.25. The lowest BCUT2D eigenvalue weighted by molar-refractivity contribution is 0.368. The topological polar surface area (TPSA) is 0 Å². The summed E-state index contributed by atoms with van der Waals surface area (Å²) in [4.78, 5) is 0. The number of rotatable bonds is 0. The maximum Gasteiger partial charge on any atom is 0.673 e. The normalized spacial score (nSPS) is 11.0. The second kappa shape index (κ2) is 5.31. The summed E-state index contributed by atoms with van der Waals surface area (Å²) in [6, 6.07) is 15.0. The van der Waals surface area contributed by atoms with Gasteiger partial charge in [-0.3, -0.25) is 0 Å². The molecule has 2 aromatic carbocycles. The largest absolute Gasteiger partial charge is 0.673 e. The van der Waals surface area contributed by atoms with Gasteiger partial charge in [-0.1, -0.05) is 30.3 Å². The molecule has 16 heavy (non-hydrogen) atoms. The Morgan fingerprint density at radius 3 is 1.88 bits per heavy atom. The number of fused-ring (bicyclic) bond motifs is 1. The molecule has 0 radical (unpaired) electrons. The van der Waals surface area contributed by atoms with Crippen LogP contribution in [0.4, 0.5) is 17.3 Å². The van der Waals surface area contributed by atoms with Gasteiger partial charge in [0.25, 0.3) is 0 Å². The third kappa shape index (κ3) is 5.12. The standard InChI is InChI=1S/C10H9P.BF4/c11-10-6-5-8-3-1-2-4-9(8)7-10;2-1(3,4)5/h1-7H,11H2;/q;-1/p+1. The van der Waals surface area contributed by atoms with Crippen LogP contribution in [0.2, 0.25) is 0 Å². The Kier molecular flexibility index (Phi) is 4.31. The van der Waals surface area contributed by atoms with E-state index in [2.05, 4.69) is 42.5 Å². The van der Waals surface area contributed by atoms with Crippen LogP contribution < -0.4 is 5.30 Å². The van der Waals surface area contributed by atoms with Crippen molar-refractivity contribution in [1.82, 2.24) is 0 Å². The van der Waals surface area contributed by atoms with E-state index >= 15 is 0 Å². The van der Waals surface area contributed by atoms with Gasteiger partial charge < -0.3 is 17.3 Å². The van der Waals surface area contributed by atoms with Crippen molar-refractivity contribution in [1.29, 1.82) is 0 Å². The summed E-state index contributed by atoms with van der Waals surface area (Å²) < 4.78 is 39.0. The Morgan fingerprint density at radius 1 is 0.812 bits per heavy atom.